The normalized spacial score (nSPS) is 21.0. The number of halogens is 2. The molecule has 0 saturated carbocycles. The predicted molar refractivity (Wildman–Crippen MR) is 126 cm³/mol. The van der Waals surface area contributed by atoms with Gasteiger partial charge in [0.2, 0.25) is 0 Å². The van der Waals surface area contributed by atoms with Crippen molar-refractivity contribution in [3.05, 3.63) is 70.1 Å². The van der Waals surface area contributed by atoms with Gasteiger partial charge >= 0.3 is 0 Å². The van der Waals surface area contributed by atoms with E-state index in [1.807, 2.05) is 39.4 Å². The van der Waals surface area contributed by atoms with Gasteiger partial charge in [-0.05, 0) is 63.4 Å². The van der Waals surface area contributed by atoms with Gasteiger partial charge in [0, 0.05) is 46.4 Å². The van der Waals surface area contributed by atoms with Gasteiger partial charge in [-0.1, -0.05) is 11.6 Å². The molecule has 3 aromatic heterocycles. The summed E-state index contributed by atoms with van der Waals surface area (Å²) >= 11 is 6.01. The largest absolute Gasteiger partial charge is 0.370 e. The highest BCUT2D eigenvalue weighted by Gasteiger charge is 2.32. The topological polar surface area (TPSA) is 65.7 Å². The van der Waals surface area contributed by atoms with Crippen molar-refractivity contribution in [1.29, 1.82) is 0 Å². The second-order valence-electron chi connectivity index (χ2n) is 8.87. The lowest BCUT2D eigenvalue weighted by molar-refractivity contribution is -0.0511. The summed E-state index contributed by atoms with van der Waals surface area (Å²) in [6, 6.07) is 6.64. The number of pyridine rings is 1. The Kier molecular flexibility index (Phi) is 5.62. The third-order valence-corrected chi connectivity index (χ3v) is 6.54. The minimum Gasteiger partial charge on any atom is -0.370 e. The molecule has 1 aliphatic heterocycles. The van der Waals surface area contributed by atoms with Crippen LogP contribution in [0.2, 0.25) is 5.02 Å². The summed E-state index contributed by atoms with van der Waals surface area (Å²) in [5.41, 5.74) is 4.43. The molecule has 0 bridgehead atoms. The second kappa shape index (κ2) is 8.47. The van der Waals surface area contributed by atoms with E-state index in [1.54, 1.807) is 16.8 Å². The SMILES string of the molecule is Cc1cc2c(-c3ccc(Cl)cc3F)nc([C@H]3C[C@H](C)O[C@@H](c4cnn(C)c4)C3)nc2nc1C. The van der Waals surface area contributed by atoms with E-state index in [0.29, 0.717) is 27.8 Å². The van der Waals surface area contributed by atoms with Gasteiger partial charge in [-0.25, -0.2) is 19.3 Å². The van der Waals surface area contributed by atoms with E-state index in [4.69, 9.17) is 31.3 Å². The number of nitrogens with zero attached hydrogens (tertiary/aromatic N) is 5. The first-order valence-electron chi connectivity index (χ1n) is 11.0. The first-order valence-corrected chi connectivity index (χ1v) is 11.4. The number of hydrogen-bond donors (Lipinski definition) is 0. The Morgan fingerprint density at radius 1 is 1.12 bits per heavy atom. The molecule has 1 aliphatic rings. The molecule has 8 heteroatoms. The molecule has 5 rings (SSSR count). The lowest BCUT2D eigenvalue weighted by Crippen LogP contribution is -2.26. The van der Waals surface area contributed by atoms with Crippen LogP contribution in [0.15, 0.2) is 36.7 Å². The van der Waals surface area contributed by atoms with Crippen LogP contribution in [-0.2, 0) is 11.8 Å². The first-order chi connectivity index (χ1) is 15.8. The fraction of sp³-hybridized carbons (Fsp3) is 0.360. The standard InChI is InChI=1S/C25H25ClFN5O/c1-13-7-20-23(19-6-5-18(26)10-21(19)27)30-24(31-25(20)29-15(13)3)16-8-14(2)33-22(9-16)17-11-28-32(4)12-17/h5-7,10-12,14,16,22H,8-9H2,1-4H3/t14-,16-,22+/m0/s1. The minimum absolute atomic E-state index is 0.0247. The number of rotatable bonds is 3. The highest BCUT2D eigenvalue weighted by Crippen LogP contribution is 2.40. The number of hydrogen-bond acceptors (Lipinski definition) is 5. The quantitative estimate of drug-likeness (QED) is 0.379. The minimum atomic E-state index is -0.416. The number of fused-ring (bicyclic) bond motifs is 1. The Morgan fingerprint density at radius 2 is 1.94 bits per heavy atom. The Labute approximate surface area is 196 Å². The number of aromatic nitrogens is 5. The molecule has 170 valence electrons. The van der Waals surface area contributed by atoms with Crippen molar-refractivity contribution < 1.29 is 9.13 Å². The maximum absolute atomic E-state index is 15.0. The van der Waals surface area contributed by atoms with Crippen molar-refractivity contribution in [3.8, 4) is 11.3 Å². The molecule has 0 spiro atoms. The van der Waals surface area contributed by atoms with Gasteiger partial charge in [0.1, 0.15) is 11.6 Å². The molecule has 6 nitrogen and oxygen atoms in total. The molecule has 4 heterocycles. The number of aryl methyl sites for hydroxylation is 3. The van der Waals surface area contributed by atoms with Crippen molar-refractivity contribution >= 4 is 22.6 Å². The summed E-state index contributed by atoms with van der Waals surface area (Å²) in [4.78, 5) is 14.5. The summed E-state index contributed by atoms with van der Waals surface area (Å²) in [7, 11) is 1.89. The molecule has 1 aromatic carbocycles. The monoisotopic (exact) mass is 465 g/mol. The van der Waals surface area contributed by atoms with Crippen LogP contribution in [0.3, 0.4) is 0 Å². The molecular formula is C25H25ClFN5O. The van der Waals surface area contributed by atoms with Crippen LogP contribution in [0.1, 0.15) is 54.4 Å². The average Bonchev–Trinajstić information content (AvgIpc) is 3.20. The second-order valence-corrected chi connectivity index (χ2v) is 9.30. The fourth-order valence-corrected chi connectivity index (χ4v) is 4.67. The molecule has 33 heavy (non-hydrogen) atoms. The third-order valence-electron chi connectivity index (χ3n) is 6.31. The van der Waals surface area contributed by atoms with Crippen LogP contribution >= 0.6 is 11.6 Å². The van der Waals surface area contributed by atoms with E-state index in [1.165, 1.54) is 6.07 Å². The van der Waals surface area contributed by atoms with Crippen molar-refractivity contribution in [2.45, 2.75) is 51.7 Å². The Hall–Kier alpha value is -2.90. The van der Waals surface area contributed by atoms with Crippen LogP contribution < -0.4 is 0 Å². The van der Waals surface area contributed by atoms with Gasteiger partial charge in [-0.15, -0.1) is 0 Å². The van der Waals surface area contributed by atoms with Gasteiger partial charge in [0.25, 0.3) is 0 Å². The zero-order valence-corrected chi connectivity index (χ0v) is 19.8. The summed E-state index contributed by atoms with van der Waals surface area (Å²) in [6.07, 6.45) is 5.23. The lowest BCUT2D eigenvalue weighted by Gasteiger charge is -2.33. The summed E-state index contributed by atoms with van der Waals surface area (Å²) < 4.78 is 23.0. The fourth-order valence-electron chi connectivity index (χ4n) is 4.51. The molecule has 1 fully saturated rings. The number of ether oxygens (including phenoxy) is 1. The first kappa shape index (κ1) is 21.9. The van der Waals surface area contributed by atoms with E-state index < -0.39 is 5.82 Å². The molecule has 0 N–H and O–H groups in total. The molecule has 1 saturated heterocycles. The number of benzene rings is 1. The van der Waals surface area contributed by atoms with Crippen molar-refractivity contribution in [1.82, 2.24) is 24.7 Å². The summed E-state index contributed by atoms with van der Waals surface area (Å²) in [5.74, 6) is 0.285. The van der Waals surface area contributed by atoms with Gasteiger partial charge in [-0.3, -0.25) is 4.68 Å². The van der Waals surface area contributed by atoms with Crippen LogP contribution in [0.25, 0.3) is 22.3 Å². The molecule has 3 atom stereocenters. The van der Waals surface area contributed by atoms with Crippen molar-refractivity contribution in [2.24, 2.45) is 7.05 Å². The van der Waals surface area contributed by atoms with E-state index in [-0.39, 0.29) is 18.1 Å². The van der Waals surface area contributed by atoms with Crippen LogP contribution in [-0.4, -0.2) is 30.8 Å². The molecule has 0 amide bonds. The van der Waals surface area contributed by atoms with Crippen LogP contribution in [0, 0.1) is 19.7 Å². The van der Waals surface area contributed by atoms with Gasteiger partial charge in [0.05, 0.1) is 24.1 Å². The maximum atomic E-state index is 15.0. The molecule has 0 radical (unpaired) electrons. The van der Waals surface area contributed by atoms with Crippen molar-refractivity contribution in [3.63, 3.8) is 0 Å². The van der Waals surface area contributed by atoms with Crippen LogP contribution in [0.5, 0.6) is 0 Å². The lowest BCUT2D eigenvalue weighted by atomic mass is 9.89. The van der Waals surface area contributed by atoms with E-state index in [0.717, 1.165) is 35.0 Å². The van der Waals surface area contributed by atoms with E-state index in [9.17, 15) is 4.39 Å². The zero-order chi connectivity index (χ0) is 23.3. The van der Waals surface area contributed by atoms with Gasteiger partial charge in [0.15, 0.2) is 5.65 Å². The Balaban J connectivity index is 1.64. The highest BCUT2D eigenvalue weighted by atomic mass is 35.5. The average molecular weight is 466 g/mol. The van der Waals surface area contributed by atoms with Crippen LogP contribution in [0.4, 0.5) is 4.39 Å². The third kappa shape index (κ3) is 4.23. The Morgan fingerprint density at radius 3 is 2.67 bits per heavy atom. The predicted octanol–water partition coefficient (Wildman–Crippen LogP) is 5.86. The highest BCUT2D eigenvalue weighted by molar-refractivity contribution is 6.30. The smallest absolute Gasteiger partial charge is 0.163 e. The molecular weight excluding hydrogens is 441 g/mol. The van der Waals surface area contributed by atoms with Gasteiger partial charge in [-0.2, -0.15) is 5.10 Å². The summed E-state index contributed by atoms with van der Waals surface area (Å²) in [6.45, 7) is 5.99. The maximum Gasteiger partial charge on any atom is 0.163 e. The molecule has 0 aliphatic carbocycles. The van der Waals surface area contributed by atoms with E-state index in [2.05, 4.69) is 12.0 Å². The summed E-state index contributed by atoms with van der Waals surface area (Å²) in [5, 5.41) is 5.36. The van der Waals surface area contributed by atoms with E-state index >= 15 is 0 Å². The zero-order valence-electron chi connectivity index (χ0n) is 19.0. The Bertz CT molecular complexity index is 1350. The molecule has 4 aromatic rings. The van der Waals surface area contributed by atoms with Crippen molar-refractivity contribution in [2.75, 3.05) is 0 Å². The van der Waals surface area contributed by atoms with Gasteiger partial charge < -0.3 is 4.74 Å². The molecule has 0 unspecified atom stereocenters.